The predicted octanol–water partition coefficient (Wildman–Crippen LogP) is 5.63. The summed E-state index contributed by atoms with van der Waals surface area (Å²) in [4.78, 5) is 6.95. The second-order valence-corrected chi connectivity index (χ2v) is 8.76. The number of aromatic nitrogens is 2. The van der Waals surface area contributed by atoms with Gasteiger partial charge in [0.15, 0.2) is 5.11 Å². The lowest BCUT2D eigenvalue weighted by Crippen LogP contribution is -2.30. The Bertz CT molecular complexity index is 1010. The van der Waals surface area contributed by atoms with Gasteiger partial charge in [-0.1, -0.05) is 28.9 Å². The lowest BCUT2D eigenvalue weighted by molar-refractivity contribution is 0.316. The Morgan fingerprint density at radius 3 is 2.55 bits per heavy atom. The molecule has 3 heterocycles. The van der Waals surface area contributed by atoms with E-state index in [1.54, 1.807) is 0 Å². The first-order valence-corrected chi connectivity index (χ1v) is 11.1. The van der Waals surface area contributed by atoms with E-state index >= 15 is 0 Å². The van der Waals surface area contributed by atoms with E-state index in [1.807, 2.05) is 18.3 Å². The van der Waals surface area contributed by atoms with Crippen LogP contribution in [0.1, 0.15) is 48.1 Å². The molecule has 3 aromatic rings. The predicted molar refractivity (Wildman–Crippen MR) is 125 cm³/mol. The molecular weight excluding hydrogens is 444 g/mol. The van der Waals surface area contributed by atoms with Crippen LogP contribution in [0.5, 0.6) is 0 Å². The second-order valence-electron chi connectivity index (χ2n) is 7.46. The molecule has 2 aromatic heterocycles. The first kappa shape index (κ1) is 20.1. The van der Waals surface area contributed by atoms with Gasteiger partial charge < -0.3 is 14.8 Å². The molecule has 1 saturated heterocycles. The highest BCUT2D eigenvalue weighted by Crippen LogP contribution is 2.41. The number of rotatable bonds is 5. The van der Waals surface area contributed by atoms with Crippen LogP contribution in [-0.2, 0) is 0 Å². The topological polar surface area (TPSA) is 33.1 Å². The molecule has 0 radical (unpaired) electrons. The van der Waals surface area contributed by atoms with Gasteiger partial charge in [0.25, 0.3) is 0 Å². The first-order valence-electron chi connectivity index (χ1n) is 9.94. The fraction of sp³-hybridized carbons (Fsp3) is 0.304. The number of hydrogen-bond acceptors (Lipinski definition) is 2. The maximum absolute atomic E-state index is 5.73. The molecule has 0 spiro atoms. The molecule has 1 aromatic carbocycles. The van der Waals surface area contributed by atoms with Gasteiger partial charge in [0.2, 0.25) is 0 Å². The molecule has 0 unspecified atom stereocenters. The summed E-state index contributed by atoms with van der Waals surface area (Å²) in [5.41, 5.74) is 5.94. The number of thiocarbonyl (C=S) groups is 1. The van der Waals surface area contributed by atoms with Crippen molar-refractivity contribution >= 4 is 33.3 Å². The van der Waals surface area contributed by atoms with E-state index in [0.717, 1.165) is 28.2 Å². The van der Waals surface area contributed by atoms with Crippen molar-refractivity contribution in [3.05, 3.63) is 81.8 Å². The van der Waals surface area contributed by atoms with E-state index < -0.39 is 0 Å². The third-order valence-electron chi connectivity index (χ3n) is 5.54. The van der Waals surface area contributed by atoms with Crippen LogP contribution in [0.25, 0.3) is 5.69 Å². The van der Waals surface area contributed by atoms with Gasteiger partial charge >= 0.3 is 0 Å². The van der Waals surface area contributed by atoms with Crippen molar-refractivity contribution in [1.82, 2.24) is 19.8 Å². The average Bonchev–Trinajstić information content (AvgIpc) is 3.20. The Morgan fingerprint density at radius 1 is 1.14 bits per heavy atom. The summed E-state index contributed by atoms with van der Waals surface area (Å²) < 4.78 is 3.40. The molecule has 0 bridgehead atoms. The zero-order valence-corrected chi connectivity index (χ0v) is 19.3. The maximum atomic E-state index is 5.73. The summed E-state index contributed by atoms with van der Waals surface area (Å²) in [6.07, 6.45) is 2.89. The fourth-order valence-corrected chi connectivity index (χ4v) is 4.90. The molecular formula is C23H25BrN4S. The minimum absolute atomic E-state index is 0.0362. The molecule has 150 valence electrons. The van der Waals surface area contributed by atoms with Gasteiger partial charge in [-0.25, -0.2) is 0 Å². The molecule has 0 amide bonds. The Kier molecular flexibility index (Phi) is 5.74. The summed E-state index contributed by atoms with van der Waals surface area (Å²) in [7, 11) is 0. The lowest BCUT2D eigenvalue weighted by Gasteiger charge is -2.27. The van der Waals surface area contributed by atoms with E-state index in [2.05, 4.69) is 92.9 Å². The lowest BCUT2D eigenvalue weighted by atomic mass is 9.96. The molecule has 1 aliphatic heterocycles. The Hall–Kier alpha value is -2.18. The van der Waals surface area contributed by atoms with Gasteiger partial charge in [-0.2, -0.15) is 0 Å². The van der Waals surface area contributed by atoms with E-state index in [4.69, 9.17) is 12.2 Å². The smallest absolute Gasteiger partial charge is 0.170 e. The van der Waals surface area contributed by atoms with Crippen LogP contribution in [0.4, 0.5) is 0 Å². The van der Waals surface area contributed by atoms with Gasteiger partial charge in [0, 0.05) is 34.3 Å². The van der Waals surface area contributed by atoms with E-state index in [0.29, 0.717) is 0 Å². The first-order chi connectivity index (χ1) is 14.0. The van der Waals surface area contributed by atoms with Crippen molar-refractivity contribution in [2.45, 2.75) is 39.3 Å². The van der Waals surface area contributed by atoms with Crippen LogP contribution < -0.4 is 5.32 Å². The van der Waals surface area contributed by atoms with Crippen molar-refractivity contribution in [3.63, 3.8) is 0 Å². The molecule has 1 N–H and O–H groups in total. The molecule has 0 saturated carbocycles. The van der Waals surface area contributed by atoms with Gasteiger partial charge in [-0.05, 0) is 80.5 Å². The van der Waals surface area contributed by atoms with Crippen molar-refractivity contribution in [1.29, 1.82) is 0 Å². The molecule has 0 aliphatic carbocycles. The van der Waals surface area contributed by atoms with Crippen LogP contribution >= 0.6 is 28.1 Å². The third-order valence-corrected chi connectivity index (χ3v) is 6.42. The number of hydrogen-bond donors (Lipinski definition) is 1. The normalized spacial score (nSPS) is 18.9. The van der Waals surface area contributed by atoms with Crippen LogP contribution in [0.3, 0.4) is 0 Å². The zero-order valence-electron chi connectivity index (χ0n) is 16.9. The largest absolute Gasteiger partial charge is 0.352 e. The number of nitrogens with one attached hydrogen (secondary N) is 1. The highest BCUT2D eigenvalue weighted by molar-refractivity contribution is 9.10. The number of halogens is 1. The quantitative estimate of drug-likeness (QED) is 0.491. The van der Waals surface area contributed by atoms with E-state index in [1.165, 1.54) is 22.6 Å². The number of aryl methyl sites for hydroxylation is 1. The van der Waals surface area contributed by atoms with Gasteiger partial charge in [-0.3, -0.25) is 4.98 Å². The summed E-state index contributed by atoms with van der Waals surface area (Å²) in [5.74, 6) is 0. The third kappa shape index (κ3) is 3.71. The van der Waals surface area contributed by atoms with Gasteiger partial charge in [0.05, 0.1) is 17.8 Å². The fourth-order valence-electron chi connectivity index (χ4n) is 4.30. The van der Waals surface area contributed by atoms with Gasteiger partial charge in [0.1, 0.15) is 0 Å². The molecule has 6 heteroatoms. The SMILES string of the molecule is CCCN1C(=S)N[C@H](c2ccccn2)[C@@H]1c1cc(C)n(-c2ccc(Br)cc2)c1C. The van der Waals surface area contributed by atoms with Crippen molar-refractivity contribution in [2.24, 2.45) is 0 Å². The van der Waals surface area contributed by atoms with Crippen molar-refractivity contribution < 1.29 is 0 Å². The van der Waals surface area contributed by atoms with Crippen molar-refractivity contribution in [3.8, 4) is 5.69 Å². The van der Waals surface area contributed by atoms with E-state index in [9.17, 15) is 0 Å². The number of nitrogens with zero attached hydrogens (tertiary/aromatic N) is 3. The average molecular weight is 469 g/mol. The maximum Gasteiger partial charge on any atom is 0.170 e. The van der Waals surface area contributed by atoms with Crippen molar-refractivity contribution in [2.75, 3.05) is 6.54 Å². The monoisotopic (exact) mass is 468 g/mol. The van der Waals surface area contributed by atoms with Crippen LogP contribution in [-0.4, -0.2) is 26.1 Å². The summed E-state index contributed by atoms with van der Waals surface area (Å²) in [6, 6.07) is 17.0. The highest BCUT2D eigenvalue weighted by atomic mass is 79.9. The summed E-state index contributed by atoms with van der Waals surface area (Å²) >= 11 is 9.26. The Labute approximate surface area is 186 Å². The zero-order chi connectivity index (χ0) is 20.5. The molecule has 29 heavy (non-hydrogen) atoms. The standard InChI is InChI=1S/C23H25BrN4S/c1-4-13-27-22(21(26-23(27)29)20-7-5-6-12-25-20)19-14-15(2)28(16(19)3)18-10-8-17(24)9-11-18/h5-12,14,21-22H,4,13H2,1-3H3,(H,26,29)/t21-,22+/m1/s1. The molecule has 1 aliphatic rings. The number of pyridine rings is 1. The minimum atomic E-state index is 0.0362. The minimum Gasteiger partial charge on any atom is -0.352 e. The Balaban J connectivity index is 1.82. The highest BCUT2D eigenvalue weighted by Gasteiger charge is 2.40. The molecule has 4 rings (SSSR count). The van der Waals surface area contributed by atoms with E-state index in [-0.39, 0.29) is 12.1 Å². The van der Waals surface area contributed by atoms with Crippen LogP contribution in [0, 0.1) is 13.8 Å². The number of benzene rings is 1. The molecule has 1 fully saturated rings. The Morgan fingerprint density at radius 2 is 1.90 bits per heavy atom. The second kappa shape index (κ2) is 8.28. The van der Waals surface area contributed by atoms with Crippen LogP contribution in [0.2, 0.25) is 0 Å². The summed E-state index contributed by atoms with van der Waals surface area (Å²) in [5, 5.41) is 4.34. The summed E-state index contributed by atoms with van der Waals surface area (Å²) in [6.45, 7) is 7.48. The van der Waals surface area contributed by atoms with Gasteiger partial charge in [-0.15, -0.1) is 0 Å². The van der Waals surface area contributed by atoms with Crippen LogP contribution in [0.15, 0.2) is 59.2 Å². The molecule has 2 atom stereocenters. The molecule has 4 nitrogen and oxygen atoms in total.